The van der Waals surface area contributed by atoms with Gasteiger partial charge in [0.15, 0.2) is 0 Å². The number of piperidine rings is 1. The van der Waals surface area contributed by atoms with Crippen molar-refractivity contribution < 1.29 is 9.59 Å². The van der Waals surface area contributed by atoms with Crippen molar-refractivity contribution in [2.24, 2.45) is 0 Å². The quantitative estimate of drug-likeness (QED) is 0.774. The minimum atomic E-state index is -0.455. The molecule has 0 aromatic heterocycles. The summed E-state index contributed by atoms with van der Waals surface area (Å²) in [6, 6.07) is 5.49. The average molecular weight is 310 g/mol. The summed E-state index contributed by atoms with van der Waals surface area (Å²) in [4.78, 5) is 24.3. The SMILES string of the molecule is CCNC(=O)c1ccc2c(c1)C1(CCNCC1)C(=O)N2.Cl. The smallest absolute Gasteiger partial charge is 0.251 e. The van der Waals surface area contributed by atoms with E-state index in [-0.39, 0.29) is 24.2 Å². The Labute approximate surface area is 130 Å². The summed E-state index contributed by atoms with van der Waals surface area (Å²) in [6.45, 7) is 4.16. The average Bonchev–Trinajstić information content (AvgIpc) is 2.72. The molecule has 1 aromatic rings. The fraction of sp³-hybridized carbons (Fsp3) is 0.467. The highest BCUT2D eigenvalue weighted by Crippen LogP contribution is 2.44. The molecule has 0 bridgehead atoms. The maximum Gasteiger partial charge on any atom is 0.251 e. The van der Waals surface area contributed by atoms with Crippen LogP contribution in [0.25, 0.3) is 0 Å². The normalized spacial score (nSPS) is 18.6. The third-order valence-corrected chi connectivity index (χ3v) is 4.27. The molecule has 3 N–H and O–H groups in total. The predicted molar refractivity (Wildman–Crippen MR) is 84.1 cm³/mol. The molecule has 0 atom stereocenters. The van der Waals surface area contributed by atoms with Crippen molar-refractivity contribution in [1.29, 1.82) is 0 Å². The van der Waals surface area contributed by atoms with Gasteiger partial charge in [-0.05, 0) is 56.6 Å². The van der Waals surface area contributed by atoms with E-state index in [1.165, 1.54) is 0 Å². The first kappa shape index (κ1) is 15.8. The maximum atomic E-state index is 12.4. The minimum absolute atomic E-state index is 0. The molecule has 6 heteroatoms. The molecular formula is C15H20ClN3O2. The zero-order valence-corrected chi connectivity index (χ0v) is 12.8. The summed E-state index contributed by atoms with van der Waals surface area (Å²) < 4.78 is 0. The van der Waals surface area contributed by atoms with Crippen LogP contribution < -0.4 is 16.0 Å². The van der Waals surface area contributed by atoms with Crippen molar-refractivity contribution in [1.82, 2.24) is 10.6 Å². The molecule has 0 radical (unpaired) electrons. The third-order valence-electron chi connectivity index (χ3n) is 4.27. The summed E-state index contributed by atoms with van der Waals surface area (Å²) in [5.74, 6) is -0.0132. The van der Waals surface area contributed by atoms with Gasteiger partial charge in [-0.25, -0.2) is 0 Å². The number of hydrogen-bond donors (Lipinski definition) is 3. The van der Waals surface area contributed by atoms with E-state index < -0.39 is 5.41 Å². The molecule has 3 rings (SSSR count). The van der Waals surface area contributed by atoms with Gasteiger partial charge in [-0.15, -0.1) is 12.4 Å². The van der Waals surface area contributed by atoms with Gasteiger partial charge in [0.25, 0.3) is 5.91 Å². The largest absolute Gasteiger partial charge is 0.352 e. The highest BCUT2D eigenvalue weighted by atomic mass is 35.5. The molecule has 1 aromatic carbocycles. The second kappa shape index (κ2) is 6.03. The van der Waals surface area contributed by atoms with Crippen LogP contribution in [0.2, 0.25) is 0 Å². The van der Waals surface area contributed by atoms with Gasteiger partial charge in [0.2, 0.25) is 5.91 Å². The number of rotatable bonds is 2. The van der Waals surface area contributed by atoms with E-state index in [1.54, 1.807) is 6.07 Å². The standard InChI is InChI=1S/C15H19N3O2.ClH/c1-2-17-13(19)10-3-4-12-11(9-10)15(14(20)18-12)5-7-16-8-6-15;/h3-4,9,16H,2,5-8H2,1H3,(H,17,19)(H,18,20);1H. The molecule has 5 nitrogen and oxygen atoms in total. The zero-order chi connectivity index (χ0) is 14.2. The number of anilines is 1. The van der Waals surface area contributed by atoms with Gasteiger partial charge in [0.05, 0.1) is 5.41 Å². The zero-order valence-electron chi connectivity index (χ0n) is 12.0. The number of nitrogens with one attached hydrogen (secondary N) is 3. The lowest BCUT2D eigenvalue weighted by molar-refractivity contribution is -0.121. The van der Waals surface area contributed by atoms with E-state index in [0.717, 1.165) is 37.2 Å². The van der Waals surface area contributed by atoms with Gasteiger partial charge in [-0.2, -0.15) is 0 Å². The first-order chi connectivity index (χ1) is 9.67. The fourth-order valence-corrected chi connectivity index (χ4v) is 3.17. The molecule has 1 spiro atoms. The highest BCUT2D eigenvalue weighted by Gasteiger charge is 2.47. The molecular weight excluding hydrogens is 290 g/mol. The number of amides is 2. The number of benzene rings is 1. The van der Waals surface area contributed by atoms with E-state index in [1.807, 2.05) is 19.1 Å². The van der Waals surface area contributed by atoms with Crippen molar-refractivity contribution in [3.05, 3.63) is 29.3 Å². The number of carbonyl (C=O) groups excluding carboxylic acids is 2. The van der Waals surface area contributed by atoms with Crippen molar-refractivity contribution in [3.63, 3.8) is 0 Å². The molecule has 0 unspecified atom stereocenters. The van der Waals surface area contributed by atoms with E-state index >= 15 is 0 Å². The molecule has 0 saturated carbocycles. The molecule has 1 saturated heterocycles. The van der Waals surface area contributed by atoms with Crippen molar-refractivity contribution in [2.45, 2.75) is 25.2 Å². The Morgan fingerprint density at radius 1 is 1.33 bits per heavy atom. The lowest BCUT2D eigenvalue weighted by atomic mass is 9.74. The highest BCUT2D eigenvalue weighted by molar-refractivity contribution is 6.07. The Morgan fingerprint density at radius 2 is 2.05 bits per heavy atom. The van der Waals surface area contributed by atoms with Crippen LogP contribution in [0.15, 0.2) is 18.2 Å². The molecule has 2 amide bonds. The van der Waals surface area contributed by atoms with Crippen LogP contribution >= 0.6 is 12.4 Å². The Bertz CT molecular complexity index is 568. The summed E-state index contributed by atoms with van der Waals surface area (Å²) >= 11 is 0. The van der Waals surface area contributed by atoms with Gasteiger partial charge in [-0.1, -0.05) is 0 Å². The Kier molecular flexibility index (Phi) is 4.54. The first-order valence-electron chi connectivity index (χ1n) is 7.12. The Morgan fingerprint density at radius 3 is 2.71 bits per heavy atom. The first-order valence-corrected chi connectivity index (χ1v) is 7.12. The van der Waals surface area contributed by atoms with Crippen molar-refractivity contribution in [2.75, 3.05) is 25.0 Å². The minimum Gasteiger partial charge on any atom is -0.352 e. The van der Waals surface area contributed by atoms with E-state index in [4.69, 9.17) is 0 Å². The predicted octanol–water partition coefficient (Wildman–Crippen LogP) is 1.43. The molecule has 2 aliphatic heterocycles. The third kappa shape index (κ3) is 2.51. The lowest BCUT2D eigenvalue weighted by Gasteiger charge is -2.32. The van der Waals surface area contributed by atoms with Gasteiger partial charge >= 0.3 is 0 Å². The molecule has 21 heavy (non-hydrogen) atoms. The number of hydrogen-bond acceptors (Lipinski definition) is 3. The Hall–Kier alpha value is -1.59. The van der Waals surface area contributed by atoms with Crippen LogP contribution in [0.4, 0.5) is 5.69 Å². The maximum absolute atomic E-state index is 12.4. The van der Waals surface area contributed by atoms with Crippen LogP contribution in [0.3, 0.4) is 0 Å². The molecule has 1 fully saturated rings. The topological polar surface area (TPSA) is 70.2 Å². The van der Waals surface area contributed by atoms with Gasteiger partial charge in [0, 0.05) is 17.8 Å². The molecule has 0 aliphatic carbocycles. The van der Waals surface area contributed by atoms with Gasteiger partial charge < -0.3 is 16.0 Å². The van der Waals surface area contributed by atoms with Crippen LogP contribution in [0.5, 0.6) is 0 Å². The number of halogens is 1. The molecule has 2 aliphatic rings. The molecule has 2 heterocycles. The van der Waals surface area contributed by atoms with Crippen LogP contribution in [-0.2, 0) is 10.2 Å². The second-order valence-corrected chi connectivity index (χ2v) is 5.41. The van der Waals surface area contributed by atoms with Crippen LogP contribution in [0, 0.1) is 0 Å². The number of carbonyl (C=O) groups is 2. The Balaban J connectivity index is 0.00000161. The van der Waals surface area contributed by atoms with E-state index in [2.05, 4.69) is 16.0 Å². The number of fused-ring (bicyclic) bond motifs is 2. The van der Waals surface area contributed by atoms with E-state index in [9.17, 15) is 9.59 Å². The summed E-state index contributed by atoms with van der Waals surface area (Å²) in [5, 5.41) is 9.04. The van der Waals surface area contributed by atoms with Crippen LogP contribution in [0.1, 0.15) is 35.7 Å². The summed E-state index contributed by atoms with van der Waals surface area (Å²) in [5.41, 5.74) is 2.00. The van der Waals surface area contributed by atoms with Gasteiger partial charge in [0.1, 0.15) is 0 Å². The lowest BCUT2D eigenvalue weighted by Crippen LogP contribution is -2.44. The van der Waals surface area contributed by atoms with E-state index in [0.29, 0.717) is 12.1 Å². The second-order valence-electron chi connectivity index (χ2n) is 5.41. The fourth-order valence-electron chi connectivity index (χ4n) is 3.17. The van der Waals surface area contributed by atoms with Crippen molar-refractivity contribution >= 4 is 29.9 Å². The summed E-state index contributed by atoms with van der Waals surface area (Å²) in [6.07, 6.45) is 1.56. The summed E-state index contributed by atoms with van der Waals surface area (Å²) in [7, 11) is 0. The van der Waals surface area contributed by atoms with Gasteiger partial charge in [-0.3, -0.25) is 9.59 Å². The van der Waals surface area contributed by atoms with Crippen LogP contribution in [-0.4, -0.2) is 31.4 Å². The van der Waals surface area contributed by atoms with Crippen molar-refractivity contribution in [3.8, 4) is 0 Å². The monoisotopic (exact) mass is 309 g/mol. The molecule has 114 valence electrons.